The second-order valence-electron chi connectivity index (χ2n) is 8.22. The normalized spacial score (nSPS) is 21.0. The number of carbonyl (C=O) groups excluding carboxylic acids is 2. The number of nitrogens with zero attached hydrogens (tertiary/aromatic N) is 2. The van der Waals surface area contributed by atoms with Gasteiger partial charge in [0.25, 0.3) is 5.91 Å². The van der Waals surface area contributed by atoms with Crippen LogP contribution in [0.5, 0.6) is 11.5 Å². The fourth-order valence-corrected chi connectivity index (χ4v) is 4.78. The maximum absolute atomic E-state index is 13.7. The average Bonchev–Trinajstić information content (AvgIpc) is 3.39. The van der Waals surface area contributed by atoms with Gasteiger partial charge in [0.2, 0.25) is 5.91 Å². The molecule has 2 saturated heterocycles. The SMILES string of the molecule is COc1ccc([C@@H]2[C@H]3C(=O)N(c4ccc(F)cc4)C(=O)[C@H]3ON2c2ccccc2)c(C(=O)O)c1OC. The van der Waals surface area contributed by atoms with Crippen molar-refractivity contribution < 1.29 is 38.2 Å². The third-order valence-electron chi connectivity index (χ3n) is 6.32. The summed E-state index contributed by atoms with van der Waals surface area (Å²) in [5, 5.41) is 11.5. The van der Waals surface area contributed by atoms with Gasteiger partial charge in [0.15, 0.2) is 17.6 Å². The largest absolute Gasteiger partial charge is 0.493 e. The second-order valence-corrected chi connectivity index (χ2v) is 8.22. The van der Waals surface area contributed by atoms with Crippen molar-refractivity contribution in [3.05, 3.63) is 83.7 Å². The third-order valence-corrected chi connectivity index (χ3v) is 6.32. The number of fused-ring (bicyclic) bond motifs is 1. The Bertz CT molecular complexity index is 1350. The number of carboxylic acid groups (broad SMARTS) is 1. The molecule has 2 aliphatic heterocycles. The first kappa shape index (κ1) is 23.3. The highest BCUT2D eigenvalue weighted by Gasteiger charge is 2.61. The Morgan fingerprint density at radius 2 is 1.61 bits per heavy atom. The van der Waals surface area contributed by atoms with Crippen molar-refractivity contribution in [2.45, 2.75) is 12.1 Å². The van der Waals surface area contributed by atoms with E-state index in [1.807, 2.05) is 0 Å². The molecular weight excluding hydrogens is 471 g/mol. The van der Waals surface area contributed by atoms with Crippen molar-refractivity contribution in [3.8, 4) is 11.5 Å². The zero-order valence-corrected chi connectivity index (χ0v) is 19.3. The van der Waals surface area contributed by atoms with E-state index in [1.54, 1.807) is 30.3 Å². The van der Waals surface area contributed by atoms with Crippen LogP contribution in [0.3, 0.4) is 0 Å². The minimum Gasteiger partial charge on any atom is -0.493 e. The van der Waals surface area contributed by atoms with Gasteiger partial charge in [-0.2, -0.15) is 0 Å². The van der Waals surface area contributed by atoms with Crippen LogP contribution in [0, 0.1) is 11.7 Å². The van der Waals surface area contributed by atoms with E-state index in [0.29, 0.717) is 5.69 Å². The molecule has 0 unspecified atom stereocenters. The Hall–Kier alpha value is -4.44. The molecule has 0 radical (unpaired) electrons. The Kier molecular flexibility index (Phi) is 5.81. The number of amides is 2. The molecule has 0 aromatic heterocycles. The van der Waals surface area contributed by atoms with Crippen molar-refractivity contribution in [3.63, 3.8) is 0 Å². The topological polar surface area (TPSA) is 106 Å². The van der Waals surface area contributed by atoms with E-state index in [4.69, 9.17) is 14.3 Å². The average molecular weight is 492 g/mol. The maximum Gasteiger partial charge on any atom is 0.339 e. The number of methoxy groups -OCH3 is 2. The zero-order valence-electron chi connectivity index (χ0n) is 19.3. The van der Waals surface area contributed by atoms with E-state index in [-0.39, 0.29) is 28.3 Å². The fraction of sp³-hybridized carbons (Fsp3) is 0.192. The predicted octanol–water partition coefficient (Wildman–Crippen LogP) is 3.59. The summed E-state index contributed by atoms with van der Waals surface area (Å²) in [5.41, 5.74) is 0.711. The summed E-state index contributed by atoms with van der Waals surface area (Å²) < 4.78 is 24.1. The van der Waals surface area contributed by atoms with Gasteiger partial charge in [-0.3, -0.25) is 14.4 Å². The number of rotatable bonds is 6. The summed E-state index contributed by atoms with van der Waals surface area (Å²) in [7, 11) is 2.70. The molecule has 10 heteroatoms. The summed E-state index contributed by atoms with van der Waals surface area (Å²) >= 11 is 0. The molecule has 0 spiro atoms. The van der Waals surface area contributed by atoms with E-state index in [0.717, 1.165) is 17.0 Å². The van der Waals surface area contributed by atoms with Gasteiger partial charge in [-0.15, -0.1) is 0 Å². The smallest absolute Gasteiger partial charge is 0.339 e. The highest BCUT2D eigenvalue weighted by Crippen LogP contribution is 2.50. The molecule has 3 atom stereocenters. The minimum absolute atomic E-state index is 0.0221. The molecule has 3 aromatic rings. The Labute approximate surface area is 205 Å². The highest BCUT2D eigenvalue weighted by molar-refractivity contribution is 6.24. The molecule has 0 bridgehead atoms. The number of hydrogen-bond donors (Lipinski definition) is 1. The van der Waals surface area contributed by atoms with Crippen LogP contribution < -0.4 is 19.4 Å². The lowest BCUT2D eigenvalue weighted by molar-refractivity contribution is -0.126. The number of aromatic carboxylic acids is 1. The number of benzene rings is 3. The molecule has 184 valence electrons. The number of carbonyl (C=O) groups is 3. The summed E-state index contributed by atoms with van der Waals surface area (Å²) in [6, 6.07) is 15.8. The monoisotopic (exact) mass is 492 g/mol. The zero-order chi connectivity index (χ0) is 25.6. The minimum atomic E-state index is -1.30. The molecule has 2 fully saturated rings. The molecule has 2 aliphatic rings. The number of para-hydroxylation sites is 1. The lowest BCUT2D eigenvalue weighted by atomic mass is 9.87. The van der Waals surface area contributed by atoms with Crippen LogP contribution >= 0.6 is 0 Å². The van der Waals surface area contributed by atoms with Crippen LogP contribution in [0.15, 0.2) is 66.7 Å². The molecule has 2 heterocycles. The van der Waals surface area contributed by atoms with Crippen LogP contribution in [0.25, 0.3) is 0 Å². The van der Waals surface area contributed by atoms with E-state index < -0.39 is 41.7 Å². The number of carboxylic acids is 1. The van der Waals surface area contributed by atoms with E-state index >= 15 is 0 Å². The second kappa shape index (κ2) is 8.97. The molecular formula is C26H21FN2O7. The molecule has 2 amide bonds. The highest BCUT2D eigenvalue weighted by atomic mass is 19.1. The van der Waals surface area contributed by atoms with Gasteiger partial charge in [0.1, 0.15) is 17.3 Å². The summed E-state index contributed by atoms with van der Waals surface area (Å²) in [6.07, 6.45) is -1.22. The van der Waals surface area contributed by atoms with E-state index in [1.165, 1.54) is 43.5 Å². The number of halogens is 1. The molecule has 36 heavy (non-hydrogen) atoms. The standard InChI is InChI=1S/C26H21FN2O7/c1-34-18-13-12-17(19(26(32)33)22(18)35-2)21-20-23(36-29(21)16-6-4-3-5-7-16)25(31)28(24(20)30)15-10-8-14(27)9-11-15/h3-13,20-21,23H,1-2H3,(H,32,33)/t20-,21-,23+/m1/s1. The van der Waals surface area contributed by atoms with Crippen molar-refractivity contribution >= 4 is 29.2 Å². The first-order valence-electron chi connectivity index (χ1n) is 11.0. The van der Waals surface area contributed by atoms with Crippen LogP contribution in [0.1, 0.15) is 22.0 Å². The van der Waals surface area contributed by atoms with Crippen molar-refractivity contribution in [2.75, 3.05) is 24.2 Å². The summed E-state index contributed by atoms with van der Waals surface area (Å²) in [4.78, 5) is 46.5. The first-order chi connectivity index (χ1) is 17.4. The number of hydroxylamine groups is 1. The summed E-state index contributed by atoms with van der Waals surface area (Å²) in [5.74, 6) is -3.95. The Morgan fingerprint density at radius 1 is 0.917 bits per heavy atom. The van der Waals surface area contributed by atoms with Crippen LogP contribution in [0.4, 0.5) is 15.8 Å². The lowest BCUT2D eigenvalue weighted by Crippen LogP contribution is -2.37. The van der Waals surface area contributed by atoms with E-state index in [2.05, 4.69) is 0 Å². The Balaban J connectivity index is 1.68. The number of imide groups is 1. The van der Waals surface area contributed by atoms with Crippen molar-refractivity contribution in [2.24, 2.45) is 5.92 Å². The number of anilines is 2. The Morgan fingerprint density at radius 3 is 2.22 bits per heavy atom. The van der Waals surface area contributed by atoms with Crippen LogP contribution in [0.2, 0.25) is 0 Å². The molecule has 3 aromatic carbocycles. The van der Waals surface area contributed by atoms with Gasteiger partial charge in [-0.1, -0.05) is 24.3 Å². The first-order valence-corrected chi connectivity index (χ1v) is 11.0. The van der Waals surface area contributed by atoms with Crippen LogP contribution in [-0.4, -0.2) is 43.2 Å². The molecule has 9 nitrogen and oxygen atoms in total. The van der Waals surface area contributed by atoms with Crippen molar-refractivity contribution in [1.82, 2.24) is 0 Å². The molecule has 1 N–H and O–H groups in total. The van der Waals surface area contributed by atoms with Gasteiger partial charge in [0, 0.05) is 0 Å². The number of ether oxygens (including phenoxy) is 2. The quantitative estimate of drug-likeness (QED) is 0.521. The lowest BCUT2D eigenvalue weighted by Gasteiger charge is -2.30. The summed E-state index contributed by atoms with van der Waals surface area (Å²) in [6.45, 7) is 0. The number of hydrogen-bond acceptors (Lipinski definition) is 7. The van der Waals surface area contributed by atoms with Crippen molar-refractivity contribution in [1.29, 1.82) is 0 Å². The van der Waals surface area contributed by atoms with Gasteiger partial charge in [0.05, 0.1) is 31.6 Å². The third kappa shape index (κ3) is 3.54. The molecule has 5 rings (SSSR count). The molecule has 0 aliphatic carbocycles. The maximum atomic E-state index is 13.7. The van der Waals surface area contributed by atoms with E-state index in [9.17, 15) is 23.9 Å². The fourth-order valence-electron chi connectivity index (χ4n) is 4.78. The van der Waals surface area contributed by atoms with Gasteiger partial charge in [-0.25, -0.2) is 19.1 Å². The van der Waals surface area contributed by atoms with Gasteiger partial charge >= 0.3 is 5.97 Å². The molecule has 0 saturated carbocycles. The van der Waals surface area contributed by atoms with Crippen LogP contribution in [-0.2, 0) is 14.4 Å². The predicted molar refractivity (Wildman–Crippen MR) is 125 cm³/mol. The van der Waals surface area contributed by atoms with Gasteiger partial charge < -0.3 is 14.6 Å². The van der Waals surface area contributed by atoms with Gasteiger partial charge in [-0.05, 0) is 48.0 Å².